The summed E-state index contributed by atoms with van der Waals surface area (Å²) in [7, 11) is 0. The molecule has 4 heterocycles. The molecule has 0 aliphatic carbocycles. The molecule has 0 N–H and O–H groups in total. The van der Waals surface area contributed by atoms with Gasteiger partial charge in [0.05, 0.1) is 24.0 Å². The maximum atomic E-state index is 13.7. The van der Waals surface area contributed by atoms with Gasteiger partial charge in [-0.2, -0.15) is 9.67 Å². The molecule has 3 aromatic rings. The molecule has 2 aromatic heterocycles. The van der Waals surface area contributed by atoms with Crippen molar-refractivity contribution in [2.24, 2.45) is 0 Å². The Labute approximate surface area is 208 Å². The van der Waals surface area contributed by atoms with Gasteiger partial charge in [-0.05, 0) is 62.4 Å². The summed E-state index contributed by atoms with van der Waals surface area (Å²) in [6.07, 6.45) is 5.75. The number of carbonyl (C=O) groups is 2. The van der Waals surface area contributed by atoms with Crippen molar-refractivity contribution in [2.45, 2.75) is 39.2 Å². The molecule has 2 aliphatic rings. The number of pyridine rings is 1. The van der Waals surface area contributed by atoms with Crippen molar-refractivity contribution in [1.29, 1.82) is 0 Å². The largest absolute Gasteiger partial charge is 0.858 e. The maximum absolute atomic E-state index is 13.7. The second kappa shape index (κ2) is 9.28. The fourth-order valence-corrected chi connectivity index (χ4v) is 4.74. The molecule has 2 aliphatic heterocycles. The first-order valence-corrected chi connectivity index (χ1v) is 12.0. The number of ether oxygens (including phenoxy) is 1. The van der Waals surface area contributed by atoms with Crippen molar-refractivity contribution in [3.8, 4) is 11.6 Å². The number of halogens is 1. The molecule has 0 radical (unpaired) electrons. The third-order valence-electron chi connectivity index (χ3n) is 6.42. The number of carbonyl (C=O) groups excluding carboxylic acids is 2. The number of aryl methyl sites for hydroxylation is 2. The van der Waals surface area contributed by atoms with Crippen LogP contribution in [0.5, 0.6) is 5.88 Å². The molecule has 1 saturated heterocycles. The first kappa shape index (κ1) is 23.3. The molecule has 1 aromatic carbocycles. The van der Waals surface area contributed by atoms with E-state index in [0.29, 0.717) is 23.0 Å². The Hall–Kier alpha value is -3.49. The quantitative estimate of drug-likeness (QED) is 0.390. The zero-order valence-corrected chi connectivity index (χ0v) is 20.3. The summed E-state index contributed by atoms with van der Waals surface area (Å²) in [4.78, 5) is 28.6. The summed E-state index contributed by atoms with van der Waals surface area (Å²) in [5, 5.41) is 18.5. The van der Waals surface area contributed by atoms with Crippen LogP contribution in [0.25, 0.3) is 17.0 Å². The highest BCUT2D eigenvalue weighted by atomic mass is 35.5. The van der Waals surface area contributed by atoms with Crippen LogP contribution in [0, 0.1) is 6.92 Å². The molecule has 8 nitrogen and oxygen atoms in total. The van der Waals surface area contributed by atoms with Gasteiger partial charge in [-0.1, -0.05) is 18.5 Å². The SMILES string of the molecule is CCc1ccc[n+](C2=C(c3c(C)nn(-c4ccc(Cl)cc4)c3[O-])C(=O)N(CC3CCCO3)C2=O)c1. The Morgan fingerprint density at radius 3 is 2.66 bits per heavy atom. The van der Waals surface area contributed by atoms with Gasteiger partial charge in [0.2, 0.25) is 0 Å². The molecule has 2 amide bonds. The van der Waals surface area contributed by atoms with Gasteiger partial charge in [0.1, 0.15) is 5.57 Å². The van der Waals surface area contributed by atoms with E-state index in [-0.39, 0.29) is 29.5 Å². The number of nitrogens with zero attached hydrogens (tertiary/aromatic N) is 4. The maximum Gasteiger partial charge on any atom is 0.327 e. The van der Waals surface area contributed by atoms with E-state index in [4.69, 9.17) is 16.3 Å². The molecule has 0 spiro atoms. The highest BCUT2D eigenvalue weighted by Gasteiger charge is 2.47. The molecule has 1 fully saturated rings. The van der Waals surface area contributed by atoms with Crippen molar-refractivity contribution in [3.63, 3.8) is 0 Å². The van der Waals surface area contributed by atoms with E-state index in [2.05, 4.69) is 5.10 Å². The van der Waals surface area contributed by atoms with Crippen molar-refractivity contribution in [2.75, 3.05) is 13.2 Å². The molecular formula is C26H25ClN4O4. The van der Waals surface area contributed by atoms with E-state index in [0.717, 1.165) is 24.8 Å². The predicted octanol–water partition coefficient (Wildman–Crippen LogP) is 2.67. The fraction of sp³-hybridized carbons (Fsp3) is 0.308. The number of hydrogen-bond acceptors (Lipinski definition) is 5. The first-order valence-electron chi connectivity index (χ1n) is 11.6. The van der Waals surface area contributed by atoms with Crippen molar-refractivity contribution >= 4 is 34.7 Å². The topological polar surface area (TPSA) is 91.4 Å². The smallest absolute Gasteiger partial charge is 0.327 e. The Kier molecular flexibility index (Phi) is 6.17. The van der Waals surface area contributed by atoms with Gasteiger partial charge < -0.3 is 9.84 Å². The standard InChI is InChI=1S/C26H25ClN4O4/c1-3-17-6-4-12-29(14-17)23-22(24(32)30(26(23)34)15-20-7-5-13-35-20)21-16(2)28-31(25(21)33)19-10-8-18(27)9-11-19/h4,6,8-12,14,20H,3,5,7,13,15H2,1-2H3. The molecule has 35 heavy (non-hydrogen) atoms. The molecule has 1 unspecified atom stereocenters. The second-order valence-corrected chi connectivity index (χ2v) is 9.14. The lowest BCUT2D eigenvalue weighted by Gasteiger charge is -2.18. The Morgan fingerprint density at radius 2 is 1.97 bits per heavy atom. The Balaban J connectivity index is 1.67. The molecule has 0 saturated carbocycles. The molecule has 9 heteroatoms. The number of amides is 2. The van der Waals surface area contributed by atoms with E-state index in [1.54, 1.807) is 42.0 Å². The first-order chi connectivity index (χ1) is 16.9. The summed E-state index contributed by atoms with van der Waals surface area (Å²) in [6, 6.07) is 10.5. The van der Waals surface area contributed by atoms with E-state index < -0.39 is 17.7 Å². The van der Waals surface area contributed by atoms with Crippen LogP contribution in [-0.2, 0) is 20.7 Å². The minimum absolute atomic E-state index is 0.0639. The molecule has 0 bridgehead atoms. The van der Waals surface area contributed by atoms with Gasteiger partial charge in [0.15, 0.2) is 12.4 Å². The zero-order chi connectivity index (χ0) is 24.7. The number of imide groups is 1. The Bertz CT molecular complexity index is 1340. The van der Waals surface area contributed by atoms with E-state index in [1.807, 2.05) is 25.3 Å². The normalized spacial score (nSPS) is 18.3. The summed E-state index contributed by atoms with van der Waals surface area (Å²) >= 11 is 6.00. The molecule has 1 atom stereocenters. The summed E-state index contributed by atoms with van der Waals surface area (Å²) in [6.45, 7) is 4.44. The van der Waals surface area contributed by atoms with Gasteiger partial charge in [-0.15, -0.1) is 0 Å². The van der Waals surface area contributed by atoms with E-state index in [1.165, 1.54) is 9.58 Å². The fourth-order valence-electron chi connectivity index (χ4n) is 4.61. The van der Waals surface area contributed by atoms with Crippen LogP contribution < -0.4 is 9.67 Å². The lowest BCUT2D eigenvalue weighted by Crippen LogP contribution is -2.42. The van der Waals surface area contributed by atoms with Gasteiger partial charge in [0, 0.05) is 28.8 Å². The van der Waals surface area contributed by atoms with Crippen LogP contribution in [-0.4, -0.2) is 45.8 Å². The van der Waals surface area contributed by atoms with Crippen LogP contribution in [0.1, 0.15) is 36.6 Å². The lowest BCUT2D eigenvalue weighted by molar-refractivity contribution is -0.577. The van der Waals surface area contributed by atoms with Crippen molar-refractivity contribution in [3.05, 3.63) is 70.6 Å². The van der Waals surface area contributed by atoms with Crippen LogP contribution in [0.2, 0.25) is 5.02 Å². The third kappa shape index (κ3) is 4.13. The summed E-state index contributed by atoms with van der Waals surface area (Å²) < 4.78 is 8.57. The van der Waals surface area contributed by atoms with Crippen molar-refractivity contribution in [1.82, 2.24) is 14.7 Å². The molecule has 5 rings (SSSR count). The van der Waals surface area contributed by atoms with Crippen LogP contribution in [0.3, 0.4) is 0 Å². The van der Waals surface area contributed by atoms with E-state index in [9.17, 15) is 14.7 Å². The summed E-state index contributed by atoms with van der Waals surface area (Å²) in [5.41, 5.74) is 2.22. The minimum Gasteiger partial charge on any atom is -0.858 e. The van der Waals surface area contributed by atoms with E-state index >= 15 is 0 Å². The van der Waals surface area contributed by atoms with Crippen molar-refractivity contribution < 1.29 is 24.0 Å². The molecular weight excluding hydrogens is 468 g/mol. The molecule has 180 valence electrons. The highest BCUT2D eigenvalue weighted by molar-refractivity contribution is 6.45. The average molecular weight is 493 g/mol. The second-order valence-electron chi connectivity index (χ2n) is 8.71. The van der Waals surface area contributed by atoms with Gasteiger partial charge in [0.25, 0.3) is 11.6 Å². The number of aromatic nitrogens is 3. The van der Waals surface area contributed by atoms with Crippen LogP contribution in [0.15, 0.2) is 48.8 Å². The average Bonchev–Trinajstić information content (AvgIpc) is 3.54. The zero-order valence-electron chi connectivity index (χ0n) is 19.5. The predicted molar refractivity (Wildman–Crippen MR) is 128 cm³/mol. The minimum atomic E-state index is -0.509. The number of benzene rings is 1. The number of hydrogen-bond donors (Lipinski definition) is 0. The Morgan fingerprint density at radius 1 is 1.20 bits per heavy atom. The van der Waals surface area contributed by atoms with Gasteiger partial charge in [-0.25, -0.2) is 4.68 Å². The van der Waals surface area contributed by atoms with Gasteiger partial charge >= 0.3 is 5.91 Å². The third-order valence-corrected chi connectivity index (χ3v) is 6.67. The number of rotatable bonds is 6. The lowest BCUT2D eigenvalue weighted by atomic mass is 10.0. The highest BCUT2D eigenvalue weighted by Crippen LogP contribution is 2.37. The van der Waals surface area contributed by atoms with Crippen LogP contribution >= 0.6 is 11.6 Å². The van der Waals surface area contributed by atoms with Crippen LogP contribution in [0.4, 0.5) is 0 Å². The monoisotopic (exact) mass is 492 g/mol. The van der Waals surface area contributed by atoms with Gasteiger partial charge in [-0.3, -0.25) is 14.5 Å². The summed E-state index contributed by atoms with van der Waals surface area (Å²) in [5.74, 6) is -1.42.